The lowest BCUT2D eigenvalue weighted by Gasteiger charge is -2.32. The Hall–Kier alpha value is -4.16. The number of rotatable bonds is 13. The number of halogens is 1. The molecule has 2 amide bonds. The Kier molecular flexibility index (Phi) is 11.1. The number of hydrogen-bond acceptors (Lipinski definition) is 7. The van der Waals surface area contributed by atoms with Crippen molar-refractivity contribution in [3.63, 3.8) is 0 Å². The number of nitro benzene ring substituents is 1. The van der Waals surface area contributed by atoms with Gasteiger partial charge in [-0.15, -0.1) is 0 Å². The summed E-state index contributed by atoms with van der Waals surface area (Å²) < 4.78 is 34.1. The van der Waals surface area contributed by atoms with Gasteiger partial charge in [0.05, 0.1) is 22.6 Å². The van der Waals surface area contributed by atoms with Crippen molar-refractivity contribution in [2.45, 2.75) is 57.6 Å². The third-order valence-electron chi connectivity index (χ3n) is 7.07. The number of nitrogens with zero attached hydrogens (tertiary/aromatic N) is 3. The van der Waals surface area contributed by atoms with Crippen molar-refractivity contribution >= 4 is 44.8 Å². The van der Waals surface area contributed by atoms with E-state index in [0.717, 1.165) is 10.4 Å². The fourth-order valence-corrected chi connectivity index (χ4v) is 5.84. The Morgan fingerprint density at radius 1 is 1.07 bits per heavy atom. The first-order valence-electron chi connectivity index (χ1n) is 13.5. The maximum atomic E-state index is 14.0. The van der Waals surface area contributed by atoms with Gasteiger partial charge in [0.25, 0.3) is 15.7 Å². The summed E-state index contributed by atoms with van der Waals surface area (Å²) in [6.45, 7) is 6.03. The molecule has 0 radical (unpaired) electrons. The van der Waals surface area contributed by atoms with Gasteiger partial charge in [-0.2, -0.15) is 0 Å². The van der Waals surface area contributed by atoms with E-state index in [9.17, 15) is 28.1 Å². The van der Waals surface area contributed by atoms with Crippen LogP contribution >= 0.6 is 11.6 Å². The molecule has 0 heterocycles. The van der Waals surface area contributed by atoms with Gasteiger partial charge in [0.15, 0.2) is 0 Å². The Balaban J connectivity index is 2.10. The van der Waals surface area contributed by atoms with E-state index in [-0.39, 0.29) is 34.4 Å². The van der Waals surface area contributed by atoms with E-state index in [1.165, 1.54) is 55.3 Å². The lowest BCUT2D eigenvalue weighted by Crippen LogP contribution is -2.52. The highest BCUT2D eigenvalue weighted by atomic mass is 35.5. The van der Waals surface area contributed by atoms with E-state index in [0.29, 0.717) is 22.8 Å². The van der Waals surface area contributed by atoms with E-state index in [1.807, 2.05) is 13.8 Å². The van der Waals surface area contributed by atoms with Crippen LogP contribution in [0, 0.1) is 17.0 Å². The van der Waals surface area contributed by atoms with Crippen molar-refractivity contribution in [3.05, 3.63) is 93.0 Å². The molecule has 0 bridgehead atoms. The van der Waals surface area contributed by atoms with E-state index in [2.05, 4.69) is 5.32 Å². The molecule has 1 N–H and O–H groups in total. The number of nitrogens with one attached hydrogen (secondary N) is 1. The number of amides is 2. The predicted octanol–water partition coefficient (Wildman–Crippen LogP) is 5.09. The maximum Gasteiger partial charge on any atom is 0.273 e. The van der Waals surface area contributed by atoms with Crippen LogP contribution in [0.15, 0.2) is 71.6 Å². The molecular formula is C30H35ClN4O7S. The highest BCUT2D eigenvalue weighted by Crippen LogP contribution is 2.30. The van der Waals surface area contributed by atoms with Gasteiger partial charge in [-0.25, -0.2) is 8.42 Å². The molecule has 0 aliphatic carbocycles. The van der Waals surface area contributed by atoms with Gasteiger partial charge >= 0.3 is 0 Å². The first-order chi connectivity index (χ1) is 20.3. The number of carbonyl (C=O) groups excluding carboxylic acids is 2. The molecule has 0 aliphatic heterocycles. The quantitative estimate of drug-likeness (QED) is 0.205. The zero-order chi connectivity index (χ0) is 31.9. The summed E-state index contributed by atoms with van der Waals surface area (Å²) in [6, 6.07) is 15.2. The summed E-state index contributed by atoms with van der Waals surface area (Å²) in [5.41, 5.74) is 0.585. The minimum atomic E-state index is -4.51. The molecule has 43 heavy (non-hydrogen) atoms. The largest absolute Gasteiger partial charge is 0.497 e. The van der Waals surface area contributed by atoms with E-state index in [4.69, 9.17) is 16.3 Å². The number of nitro groups is 1. The lowest BCUT2D eigenvalue weighted by atomic mass is 10.1. The van der Waals surface area contributed by atoms with Crippen molar-refractivity contribution in [3.8, 4) is 5.75 Å². The highest BCUT2D eigenvalue weighted by molar-refractivity contribution is 7.92. The molecule has 13 heteroatoms. The summed E-state index contributed by atoms with van der Waals surface area (Å²) >= 11 is 6.39. The van der Waals surface area contributed by atoms with E-state index in [1.54, 1.807) is 31.2 Å². The van der Waals surface area contributed by atoms with Gasteiger partial charge < -0.3 is 15.0 Å². The molecule has 0 fully saturated rings. The van der Waals surface area contributed by atoms with Crippen molar-refractivity contribution in [2.75, 3.05) is 18.0 Å². The summed E-state index contributed by atoms with van der Waals surface area (Å²) in [7, 11) is -3.06. The van der Waals surface area contributed by atoms with Crippen LogP contribution in [0.1, 0.15) is 38.3 Å². The number of carbonyl (C=O) groups is 2. The zero-order valence-corrected chi connectivity index (χ0v) is 26.2. The second-order valence-corrected chi connectivity index (χ2v) is 12.3. The molecule has 0 aliphatic rings. The number of anilines is 1. The number of ether oxygens (including phenoxy) is 1. The van der Waals surface area contributed by atoms with E-state index < -0.39 is 39.3 Å². The third kappa shape index (κ3) is 8.02. The summed E-state index contributed by atoms with van der Waals surface area (Å²) in [5.74, 6) is -0.649. The summed E-state index contributed by atoms with van der Waals surface area (Å²) in [6.07, 6.45) is 0.670. The van der Waals surface area contributed by atoms with Crippen LogP contribution < -0.4 is 14.4 Å². The average Bonchev–Trinajstić information content (AvgIpc) is 2.98. The molecule has 3 aromatic carbocycles. The summed E-state index contributed by atoms with van der Waals surface area (Å²) in [4.78, 5) is 39.0. The Morgan fingerprint density at radius 3 is 2.30 bits per heavy atom. The fourth-order valence-electron chi connectivity index (χ4n) is 4.21. The zero-order valence-electron chi connectivity index (χ0n) is 24.6. The van der Waals surface area contributed by atoms with Crippen molar-refractivity contribution < 1.29 is 27.7 Å². The molecule has 0 aromatic heterocycles. The number of aryl methyl sites for hydroxylation is 1. The second kappa shape index (κ2) is 14.3. The fraction of sp³-hybridized carbons (Fsp3) is 0.333. The number of sulfonamides is 1. The normalized spacial score (nSPS) is 12.6. The van der Waals surface area contributed by atoms with Crippen molar-refractivity contribution in [1.29, 1.82) is 0 Å². The van der Waals surface area contributed by atoms with Gasteiger partial charge in [-0.1, -0.05) is 42.8 Å². The lowest BCUT2D eigenvalue weighted by molar-refractivity contribution is -0.385. The molecule has 3 aromatic rings. The van der Waals surface area contributed by atoms with Crippen LogP contribution in [-0.2, 0) is 26.2 Å². The molecule has 11 nitrogen and oxygen atoms in total. The topological polar surface area (TPSA) is 139 Å². The molecule has 3 rings (SSSR count). The second-order valence-electron chi connectivity index (χ2n) is 10.0. The Bertz CT molecular complexity index is 1580. The maximum absolute atomic E-state index is 14.0. The molecule has 2 atom stereocenters. The van der Waals surface area contributed by atoms with Crippen molar-refractivity contribution in [2.24, 2.45) is 0 Å². The molecule has 0 saturated carbocycles. The first-order valence-corrected chi connectivity index (χ1v) is 15.4. The minimum absolute atomic E-state index is 0.0693. The van der Waals surface area contributed by atoms with Crippen LogP contribution in [0.5, 0.6) is 5.75 Å². The van der Waals surface area contributed by atoms with Crippen LogP contribution in [0.3, 0.4) is 0 Å². The first kappa shape index (κ1) is 33.3. The van der Waals surface area contributed by atoms with Crippen LogP contribution in [0.25, 0.3) is 0 Å². The van der Waals surface area contributed by atoms with Gasteiger partial charge in [0, 0.05) is 29.2 Å². The smallest absolute Gasteiger partial charge is 0.273 e. The van der Waals surface area contributed by atoms with Gasteiger partial charge in [-0.3, -0.25) is 24.0 Å². The average molecular weight is 631 g/mol. The van der Waals surface area contributed by atoms with Gasteiger partial charge in [0.1, 0.15) is 18.3 Å². The van der Waals surface area contributed by atoms with Crippen molar-refractivity contribution in [1.82, 2.24) is 10.2 Å². The molecule has 0 spiro atoms. The Labute approximate surface area is 256 Å². The minimum Gasteiger partial charge on any atom is -0.497 e. The van der Waals surface area contributed by atoms with Crippen LogP contribution in [0.4, 0.5) is 11.4 Å². The monoisotopic (exact) mass is 630 g/mol. The third-order valence-corrected chi connectivity index (χ3v) is 9.21. The van der Waals surface area contributed by atoms with Crippen LogP contribution in [-0.4, -0.2) is 55.8 Å². The van der Waals surface area contributed by atoms with Gasteiger partial charge in [0.2, 0.25) is 11.8 Å². The summed E-state index contributed by atoms with van der Waals surface area (Å²) in [5, 5.41) is 14.8. The number of methoxy groups -OCH3 is 1. The molecule has 0 unspecified atom stereocenters. The predicted molar refractivity (Wildman–Crippen MR) is 165 cm³/mol. The SMILES string of the molecule is CC[C@H](C)NC(=O)[C@@H](C)N(Cc1ccccc1Cl)C(=O)CN(c1ccc(OC)cc1)S(=O)(=O)c1ccc(C)c([N+](=O)[O-])c1. The number of hydrogen-bond donors (Lipinski definition) is 1. The number of benzene rings is 3. The molecular weight excluding hydrogens is 596 g/mol. The van der Waals surface area contributed by atoms with E-state index >= 15 is 0 Å². The Morgan fingerprint density at radius 2 is 1.72 bits per heavy atom. The van der Waals surface area contributed by atoms with Gasteiger partial charge in [-0.05, 0) is 69.2 Å². The molecule has 230 valence electrons. The highest BCUT2D eigenvalue weighted by Gasteiger charge is 2.34. The molecule has 0 saturated heterocycles. The standard InChI is InChI=1S/C30H35ClN4O7S/c1-6-21(3)32-30(37)22(4)33(18-23-9-7-8-10-27(23)31)29(36)19-34(24-12-14-25(42-5)15-13-24)43(40,41)26-16-11-20(2)28(17-26)35(38)39/h7-17,21-22H,6,18-19H2,1-5H3,(H,32,37)/t21-,22+/m0/s1. The van der Waals surface area contributed by atoms with Crippen LogP contribution in [0.2, 0.25) is 5.02 Å².